The van der Waals surface area contributed by atoms with Crippen LogP contribution in [0.3, 0.4) is 0 Å². The number of hydrogen-bond acceptors (Lipinski definition) is 5. The Morgan fingerprint density at radius 2 is 1.89 bits per heavy atom. The number of amides is 1. The van der Waals surface area contributed by atoms with E-state index in [9.17, 15) is 4.79 Å². The number of carbonyl (C=O) groups is 1. The summed E-state index contributed by atoms with van der Waals surface area (Å²) >= 11 is 10.0. The fraction of sp³-hybridized carbons (Fsp3) is 0.143. The van der Waals surface area contributed by atoms with Crippen molar-refractivity contribution in [3.8, 4) is 11.5 Å². The van der Waals surface area contributed by atoms with E-state index >= 15 is 0 Å². The molecule has 0 N–H and O–H groups in total. The molecular weight excluding hydrogens is 458 g/mol. The monoisotopic (exact) mass is 475 g/mol. The summed E-state index contributed by atoms with van der Waals surface area (Å²) in [5.74, 6) is 1.36. The van der Waals surface area contributed by atoms with Crippen LogP contribution in [0.2, 0.25) is 0 Å². The maximum Gasteiger partial charge on any atom is 0.266 e. The normalized spacial score (nSPS) is 15.2. The summed E-state index contributed by atoms with van der Waals surface area (Å²) in [6.07, 6.45) is 3.47. The van der Waals surface area contributed by atoms with Crippen LogP contribution in [-0.4, -0.2) is 34.9 Å². The third kappa shape index (κ3) is 5.25. The number of rotatable bonds is 8. The van der Waals surface area contributed by atoms with Gasteiger partial charge in [0.2, 0.25) is 0 Å². The van der Waals surface area contributed by atoms with Gasteiger partial charge < -0.3 is 9.47 Å². The molecule has 1 saturated heterocycles. The van der Waals surface area contributed by atoms with Crippen molar-refractivity contribution in [3.63, 3.8) is 0 Å². The van der Waals surface area contributed by atoms with E-state index in [0.717, 1.165) is 15.8 Å². The SMILES string of the molecule is C=CCN1C(=O)C(=Cc2cc(Br)ccc2OCCOc2ccccc2)SC1=S. The molecule has 0 spiro atoms. The first kappa shape index (κ1) is 20.6. The van der Waals surface area contributed by atoms with E-state index < -0.39 is 0 Å². The number of thiocarbonyl (C=S) groups is 1. The van der Waals surface area contributed by atoms with E-state index in [0.29, 0.717) is 34.7 Å². The molecule has 1 amide bonds. The molecule has 0 aromatic heterocycles. The Labute approximate surface area is 182 Å². The Kier molecular flexibility index (Phi) is 7.30. The van der Waals surface area contributed by atoms with Gasteiger partial charge in [-0.1, -0.05) is 64.2 Å². The van der Waals surface area contributed by atoms with Gasteiger partial charge in [0.25, 0.3) is 5.91 Å². The van der Waals surface area contributed by atoms with Crippen molar-refractivity contribution in [3.05, 3.63) is 76.1 Å². The maximum absolute atomic E-state index is 12.6. The third-order valence-electron chi connectivity index (χ3n) is 3.80. The van der Waals surface area contributed by atoms with Gasteiger partial charge in [-0.3, -0.25) is 9.69 Å². The fourth-order valence-electron chi connectivity index (χ4n) is 2.52. The van der Waals surface area contributed by atoms with E-state index in [-0.39, 0.29) is 5.91 Å². The van der Waals surface area contributed by atoms with Crippen molar-refractivity contribution < 1.29 is 14.3 Å². The van der Waals surface area contributed by atoms with Crippen molar-refractivity contribution >= 4 is 56.2 Å². The molecule has 1 fully saturated rings. The molecule has 1 aliphatic rings. The van der Waals surface area contributed by atoms with E-state index in [1.165, 1.54) is 16.7 Å². The van der Waals surface area contributed by atoms with Crippen LogP contribution in [-0.2, 0) is 4.79 Å². The molecule has 7 heteroatoms. The number of ether oxygens (including phenoxy) is 2. The zero-order valence-electron chi connectivity index (χ0n) is 15.0. The molecule has 2 aromatic carbocycles. The lowest BCUT2D eigenvalue weighted by atomic mass is 10.2. The van der Waals surface area contributed by atoms with Crippen LogP contribution in [0.15, 0.2) is 70.6 Å². The second-order valence-corrected chi connectivity index (χ2v) is 8.36. The summed E-state index contributed by atoms with van der Waals surface area (Å²) in [6, 6.07) is 15.3. The maximum atomic E-state index is 12.6. The van der Waals surface area contributed by atoms with Crippen LogP contribution in [0.1, 0.15) is 5.56 Å². The van der Waals surface area contributed by atoms with E-state index in [4.69, 9.17) is 21.7 Å². The van der Waals surface area contributed by atoms with Crippen molar-refractivity contribution in [2.75, 3.05) is 19.8 Å². The molecule has 1 heterocycles. The van der Waals surface area contributed by atoms with E-state index in [2.05, 4.69) is 22.5 Å². The lowest BCUT2D eigenvalue weighted by molar-refractivity contribution is -0.121. The minimum absolute atomic E-state index is 0.117. The number of nitrogens with zero attached hydrogens (tertiary/aromatic N) is 1. The molecule has 0 aliphatic carbocycles. The topological polar surface area (TPSA) is 38.8 Å². The molecule has 2 aromatic rings. The summed E-state index contributed by atoms with van der Waals surface area (Å²) in [5.41, 5.74) is 0.799. The van der Waals surface area contributed by atoms with Crippen molar-refractivity contribution in [1.29, 1.82) is 0 Å². The highest BCUT2D eigenvalue weighted by Gasteiger charge is 2.31. The molecular formula is C21H18BrNO3S2. The van der Waals surface area contributed by atoms with Gasteiger partial charge in [-0.15, -0.1) is 6.58 Å². The van der Waals surface area contributed by atoms with Crippen LogP contribution < -0.4 is 9.47 Å². The van der Waals surface area contributed by atoms with Crippen LogP contribution in [0.4, 0.5) is 0 Å². The molecule has 3 rings (SSSR count). The van der Waals surface area contributed by atoms with Crippen molar-refractivity contribution in [2.24, 2.45) is 0 Å². The Morgan fingerprint density at radius 3 is 2.64 bits per heavy atom. The van der Waals surface area contributed by atoms with Crippen molar-refractivity contribution in [2.45, 2.75) is 0 Å². The van der Waals surface area contributed by atoms with Gasteiger partial charge in [-0.2, -0.15) is 0 Å². The molecule has 4 nitrogen and oxygen atoms in total. The molecule has 144 valence electrons. The first-order chi connectivity index (χ1) is 13.6. The minimum atomic E-state index is -0.117. The second-order valence-electron chi connectivity index (χ2n) is 5.77. The predicted octanol–water partition coefficient (Wildman–Crippen LogP) is 5.29. The zero-order valence-corrected chi connectivity index (χ0v) is 18.2. The van der Waals surface area contributed by atoms with Crippen molar-refractivity contribution in [1.82, 2.24) is 4.90 Å². The first-order valence-corrected chi connectivity index (χ1v) is 10.6. The molecule has 0 atom stereocenters. The number of carbonyl (C=O) groups excluding carboxylic acids is 1. The average molecular weight is 476 g/mol. The summed E-state index contributed by atoms with van der Waals surface area (Å²) in [5, 5.41) is 0. The molecule has 0 radical (unpaired) electrons. The van der Waals surface area contributed by atoms with Crippen LogP contribution in [0.25, 0.3) is 6.08 Å². The summed E-state index contributed by atoms with van der Waals surface area (Å²) in [7, 11) is 0. The zero-order chi connectivity index (χ0) is 19.9. The number of thioether (sulfide) groups is 1. The molecule has 0 bridgehead atoms. The Hall–Kier alpha value is -2.09. The average Bonchev–Trinajstić information content (AvgIpc) is 2.95. The number of benzene rings is 2. The smallest absolute Gasteiger partial charge is 0.266 e. The number of hydrogen-bond donors (Lipinski definition) is 0. The Morgan fingerprint density at radius 1 is 1.14 bits per heavy atom. The lowest BCUT2D eigenvalue weighted by Crippen LogP contribution is -2.27. The Bertz CT molecular complexity index is 915. The quantitative estimate of drug-likeness (QED) is 0.224. The number of halogens is 1. The van der Waals surface area contributed by atoms with Gasteiger partial charge in [-0.05, 0) is 36.4 Å². The third-order valence-corrected chi connectivity index (χ3v) is 5.67. The second kappa shape index (κ2) is 9.91. The minimum Gasteiger partial charge on any atom is -0.490 e. The standard InChI is InChI=1S/C21H18BrNO3S2/c1-2-10-23-20(24)19(28-21(23)27)14-15-13-16(22)8-9-18(15)26-12-11-25-17-6-4-3-5-7-17/h2-9,13-14H,1,10-12H2. The molecule has 28 heavy (non-hydrogen) atoms. The first-order valence-electron chi connectivity index (χ1n) is 8.55. The lowest BCUT2D eigenvalue weighted by Gasteiger charge is -2.12. The molecule has 1 aliphatic heterocycles. The summed E-state index contributed by atoms with van der Waals surface area (Å²) in [6.45, 7) is 4.88. The number of para-hydroxylation sites is 1. The fourth-order valence-corrected chi connectivity index (χ4v) is 4.16. The molecule has 0 unspecified atom stereocenters. The van der Waals surface area contributed by atoms with Crippen LogP contribution >= 0.6 is 39.9 Å². The predicted molar refractivity (Wildman–Crippen MR) is 122 cm³/mol. The highest BCUT2D eigenvalue weighted by molar-refractivity contribution is 9.10. The highest BCUT2D eigenvalue weighted by atomic mass is 79.9. The van der Waals surface area contributed by atoms with E-state index in [1.54, 1.807) is 12.2 Å². The van der Waals surface area contributed by atoms with Gasteiger partial charge >= 0.3 is 0 Å². The Balaban J connectivity index is 1.70. The summed E-state index contributed by atoms with van der Waals surface area (Å²) < 4.78 is 13.0. The van der Waals surface area contributed by atoms with E-state index in [1.807, 2.05) is 48.5 Å². The highest BCUT2D eigenvalue weighted by Crippen LogP contribution is 2.35. The largest absolute Gasteiger partial charge is 0.490 e. The van der Waals surface area contributed by atoms with Gasteiger partial charge in [0.05, 0.1) is 4.91 Å². The van der Waals surface area contributed by atoms with Crippen LogP contribution in [0, 0.1) is 0 Å². The van der Waals surface area contributed by atoms with Gasteiger partial charge in [-0.25, -0.2) is 0 Å². The van der Waals surface area contributed by atoms with Gasteiger partial charge in [0.1, 0.15) is 29.0 Å². The van der Waals surface area contributed by atoms with Crippen LogP contribution in [0.5, 0.6) is 11.5 Å². The molecule has 0 saturated carbocycles. The van der Waals surface area contributed by atoms with Gasteiger partial charge in [0, 0.05) is 16.6 Å². The summed E-state index contributed by atoms with van der Waals surface area (Å²) in [4.78, 5) is 14.7. The van der Waals surface area contributed by atoms with Gasteiger partial charge in [0.15, 0.2) is 0 Å².